The van der Waals surface area contributed by atoms with Gasteiger partial charge in [0.2, 0.25) is 5.91 Å². The highest BCUT2D eigenvalue weighted by molar-refractivity contribution is 8.15. The molecule has 1 amide bonds. The number of sulfone groups is 1. The number of benzene rings is 2. The minimum absolute atomic E-state index is 0.0225. The first-order chi connectivity index (χ1) is 15.4. The van der Waals surface area contributed by atoms with E-state index in [1.807, 2.05) is 32.0 Å². The molecule has 0 saturated carbocycles. The molecule has 176 valence electrons. The summed E-state index contributed by atoms with van der Waals surface area (Å²) in [5.74, 6) is -0.501. The number of hydrogen-bond donors (Lipinski definition) is 1. The van der Waals surface area contributed by atoms with Gasteiger partial charge in [0.25, 0.3) is 0 Å². The van der Waals surface area contributed by atoms with Gasteiger partial charge in [0, 0.05) is 16.6 Å². The second-order valence-corrected chi connectivity index (χ2v) is 11.6. The minimum Gasteiger partial charge on any atom is -0.325 e. The number of hydrogen-bond acceptors (Lipinski definition) is 6. The number of amides is 1. The molecule has 2 aromatic rings. The van der Waals surface area contributed by atoms with Gasteiger partial charge in [0.15, 0.2) is 15.0 Å². The number of halogens is 3. The molecule has 1 fully saturated rings. The molecule has 2 aromatic carbocycles. The largest absolute Gasteiger partial charge is 0.416 e. The molecule has 2 aliphatic heterocycles. The third-order valence-electron chi connectivity index (χ3n) is 5.33. The lowest BCUT2D eigenvalue weighted by molar-refractivity contribution is -0.137. The number of carbonyl (C=O) groups excluding carboxylic acids is 1. The van der Waals surface area contributed by atoms with Crippen LogP contribution < -0.4 is 10.2 Å². The van der Waals surface area contributed by atoms with Gasteiger partial charge < -0.3 is 10.2 Å². The van der Waals surface area contributed by atoms with Crippen LogP contribution in [0.2, 0.25) is 0 Å². The zero-order valence-corrected chi connectivity index (χ0v) is 19.5. The summed E-state index contributed by atoms with van der Waals surface area (Å²) < 4.78 is 62.8. The maximum atomic E-state index is 13.0. The number of aryl methyl sites for hydroxylation is 2. The Morgan fingerprint density at radius 3 is 2.48 bits per heavy atom. The quantitative estimate of drug-likeness (QED) is 0.690. The van der Waals surface area contributed by atoms with Crippen LogP contribution in [-0.2, 0) is 20.8 Å². The number of alkyl halides is 3. The van der Waals surface area contributed by atoms with Crippen molar-refractivity contribution in [3.8, 4) is 0 Å². The monoisotopic (exact) mass is 497 g/mol. The Hall–Kier alpha value is -2.53. The van der Waals surface area contributed by atoms with Crippen LogP contribution in [0.25, 0.3) is 0 Å². The number of carbonyl (C=O) groups is 1. The summed E-state index contributed by atoms with van der Waals surface area (Å²) in [6.07, 6.45) is -4.51. The van der Waals surface area contributed by atoms with Crippen LogP contribution in [0, 0.1) is 13.8 Å². The Bertz CT molecular complexity index is 1210. The van der Waals surface area contributed by atoms with Gasteiger partial charge >= 0.3 is 6.18 Å². The summed E-state index contributed by atoms with van der Waals surface area (Å²) in [4.78, 5) is 19.1. The highest BCUT2D eigenvalue weighted by Gasteiger charge is 2.44. The first kappa shape index (κ1) is 23.6. The molecule has 4 rings (SSSR count). The molecule has 0 aliphatic carbocycles. The fourth-order valence-corrected chi connectivity index (χ4v) is 7.74. The smallest absolute Gasteiger partial charge is 0.325 e. The molecular formula is C22H22F3N3O3S2. The Morgan fingerprint density at radius 1 is 1.15 bits per heavy atom. The number of anilines is 2. The van der Waals surface area contributed by atoms with Crippen molar-refractivity contribution < 1.29 is 26.4 Å². The molecule has 11 heteroatoms. The number of aliphatic imine (C=N–C) groups is 1. The summed E-state index contributed by atoms with van der Waals surface area (Å²) in [5, 5.41) is 2.86. The van der Waals surface area contributed by atoms with E-state index >= 15 is 0 Å². The fourth-order valence-electron chi connectivity index (χ4n) is 3.96. The summed E-state index contributed by atoms with van der Waals surface area (Å²) in [5.41, 5.74) is 1.84. The van der Waals surface area contributed by atoms with Gasteiger partial charge in [-0.3, -0.25) is 9.79 Å². The van der Waals surface area contributed by atoms with Crippen molar-refractivity contribution in [2.24, 2.45) is 4.99 Å². The van der Waals surface area contributed by atoms with Crippen molar-refractivity contribution >= 4 is 44.0 Å². The lowest BCUT2D eigenvalue weighted by atomic mass is 10.1. The van der Waals surface area contributed by atoms with Crippen LogP contribution in [0.1, 0.15) is 16.7 Å². The molecule has 0 radical (unpaired) electrons. The number of amidine groups is 1. The number of thioether (sulfide) groups is 1. The second kappa shape index (κ2) is 8.68. The topological polar surface area (TPSA) is 78.8 Å². The van der Waals surface area contributed by atoms with E-state index < -0.39 is 27.5 Å². The van der Waals surface area contributed by atoms with Crippen LogP contribution in [0.4, 0.5) is 24.5 Å². The van der Waals surface area contributed by atoms with Crippen LogP contribution in [0.3, 0.4) is 0 Å². The van der Waals surface area contributed by atoms with E-state index in [1.54, 1.807) is 4.90 Å². The van der Waals surface area contributed by atoms with Gasteiger partial charge in [-0.25, -0.2) is 8.42 Å². The van der Waals surface area contributed by atoms with Gasteiger partial charge in [0.05, 0.1) is 23.1 Å². The predicted octanol–water partition coefficient (Wildman–Crippen LogP) is 4.04. The Kier molecular flexibility index (Phi) is 6.21. The lowest BCUT2D eigenvalue weighted by Crippen LogP contribution is -2.36. The van der Waals surface area contributed by atoms with Gasteiger partial charge in [-0.2, -0.15) is 13.2 Å². The van der Waals surface area contributed by atoms with Gasteiger partial charge in [-0.15, -0.1) is 0 Å². The van der Waals surface area contributed by atoms with E-state index in [4.69, 9.17) is 0 Å². The first-order valence-corrected chi connectivity index (χ1v) is 12.9. The molecular weight excluding hydrogens is 475 g/mol. The van der Waals surface area contributed by atoms with Crippen molar-refractivity contribution in [2.45, 2.75) is 31.3 Å². The van der Waals surface area contributed by atoms with Crippen molar-refractivity contribution in [1.29, 1.82) is 0 Å². The number of nitrogens with zero attached hydrogens (tertiary/aromatic N) is 2. The average Bonchev–Trinajstić information content (AvgIpc) is 3.18. The predicted molar refractivity (Wildman–Crippen MR) is 125 cm³/mol. The Morgan fingerprint density at radius 2 is 1.85 bits per heavy atom. The second-order valence-electron chi connectivity index (χ2n) is 8.27. The average molecular weight is 498 g/mol. The summed E-state index contributed by atoms with van der Waals surface area (Å²) in [6.45, 7) is 3.65. The normalized spacial score (nSPS) is 21.4. The Labute approximate surface area is 194 Å². The van der Waals surface area contributed by atoms with Gasteiger partial charge in [0.1, 0.15) is 6.54 Å². The maximum absolute atomic E-state index is 13.0. The van der Waals surface area contributed by atoms with Crippen molar-refractivity contribution in [3.05, 3.63) is 59.2 Å². The standard InChI is InChI=1S/C22H22F3N3O3S2/c1-13-6-14(2)8-17(7-13)28(21-27-18-11-33(30,31)12-19(18)32-21)10-20(29)26-16-5-3-4-15(9-16)22(23,24)25/h3-9,18-19H,10-12H2,1-2H3,(H,26,29). The molecule has 0 spiro atoms. The SMILES string of the molecule is Cc1cc(C)cc(N(CC(=O)Nc2cccc(C(F)(F)F)c2)C2=NC3CS(=O)(=O)CC3S2)c1. The first-order valence-electron chi connectivity index (χ1n) is 10.2. The molecule has 2 heterocycles. The van der Waals surface area contributed by atoms with E-state index in [0.29, 0.717) is 10.9 Å². The van der Waals surface area contributed by atoms with E-state index in [0.717, 1.165) is 23.3 Å². The Balaban J connectivity index is 1.59. The molecule has 1 saturated heterocycles. The zero-order chi connectivity index (χ0) is 24.0. The zero-order valence-electron chi connectivity index (χ0n) is 17.9. The maximum Gasteiger partial charge on any atom is 0.416 e. The lowest BCUT2D eigenvalue weighted by Gasteiger charge is -2.25. The molecule has 2 aliphatic rings. The molecule has 0 bridgehead atoms. The summed E-state index contributed by atoms with van der Waals surface area (Å²) >= 11 is 1.32. The van der Waals surface area contributed by atoms with Crippen LogP contribution >= 0.6 is 11.8 Å². The summed E-state index contributed by atoms with van der Waals surface area (Å²) in [6, 6.07) is 9.84. The van der Waals surface area contributed by atoms with Gasteiger partial charge in [-0.1, -0.05) is 23.9 Å². The molecule has 0 aromatic heterocycles. The van der Waals surface area contributed by atoms with E-state index in [1.165, 1.54) is 23.9 Å². The van der Waals surface area contributed by atoms with Crippen LogP contribution in [0.5, 0.6) is 0 Å². The highest BCUT2D eigenvalue weighted by Crippen LogP contribution is 2.37. The molecule has 2 unspecified atom stereocenters. The molecule has 6 nitrogen and oxygen atoms in total. The molecule has 1 N–H and O–H groups in total. The minimum atomic E-state index is -4.51. The molecule has 33 heavy (non-hydrogen) atoms. The van der Waals surface area contributed by atoms with E-state index in [2.05, 4.69) is 10.3 Å². The number of fused-ring (bicyclic) bond motifs is 1. The third-order valence-corrected chi connectivity index (χ3v) is 8.58. The van der Waals surface area contributed by atoms with Crippen LogP contribution in [-0.4, -0.2) is 48.8 Å². The number of nitrogens with one attached hydrogen (secondary N) is 1. The van der Waals surface area contributed by atoms with Gasteiger partial charge in [-0.05, 0) is 55.3 Å². The van der Waals surface area contributed by atoms with Crippen LogP contribution in [0.15, 0.2) is 47.5 Å². The van der Waals surface area contributed by atoms with E-state index in [9.17, 15) is 26.4 Å². The van der Waals surface area contributed by atoms with E-state index in [-0.39, 0.29) is 35.0 Å². The van der Waals surface area contributed by atoms with Crippen molar-refractivity contribution in [3.63, 3.8) is 0 Å². The van der Waals surface area contributed by atoms with Crippen molar-refractivity contribution in [2.75, 3.05) is 28.3 Å². The van der Waals surface area contributed by atoms with Crippen molar-refractivity contribution in [1.82, 2.24) is 0 Å². The fraction of sp³-hybridized carbons (Fsp3) is 0.364. The summed E-state index contributed by atoms with van der Waals surface area (Å²) in [7, 11) is -3.13. The number of rotatable bonds is 4. The third kappa shape index (κ3) is 5.52. The molecule has 2 atom stereocenters. The highest BCUT2D eigenvalue weighted by atomic mass is 32.2.